The van der Waals surface area contributed by atoms with E-state index in [1.54, 1.807) is 4.90 Å². The number of carbonyl (C=O) groups is 1. The number of nitrogens with one attached hydrogen (secondary N) is 1. The molecule has 1 atom stereocenters. The van der Waals surface area contributed by atoms with Crippen molar-refractivity contribution in [3.05, 3.63) is 71.8 Å². The van der Waals surface area contributed by atoms with Crippen molar-refractivity contribution >= 4 is 49.8 Å². The molecule has 0 saturated carbocycles. The summed E-state index contributed by atoms with van der Waals surface area (Å²) in [6, 6.07) is 4.48. The van der Waals surface area contributed by atoms with Gasteiger partial charge in [0, 0.05) is 18.1 Å². The molecule has 3 N–H and O–H groups in total. The lowest BCUT2D eigenvalue weighted by molar-refractivity contribution is -0.138. The molecule has 0 aliphatic carbocycles. The minimum Gasteiger partial charge on any atom is -0.369 e. The Morgan fingerprint density at radius 1 is 1.18 bits per heavy atom. The van der Waals surface area contributed by atoms with Gasteiger partial charge < -0.3 is 10.7 Å². The SMILES string of the molecule is CCS(=O)(=O)c1ccc(Cl)cc1Cn1c(=O)[nH]c2c(Cl)c(CN3CCCC(C(N)=O)C3)c(C(F)(F)F)cc2c1=O. The van der Waals surface area contributed by atoms with Crippen molar-refractivity contribution in [2.45, 2.75) is 43.9 Å². The fourth-order valence-electron chi connectivity index (χ4n) is 4.90. The third-order valence-electron chi connectivity index (χ3n) is 6.98. The summed E-state index contributed by atoms with van der Waals surface area (Å²) in [6.07, 6.45) is -3.85. The molecule has 4 rings (SSSR count). The van der Waals surface area contributed by atoms with Gasteiger partial charge in [-0.25, -0.2) is 13.2 Å². The quantitative estimate of drug-likeness (QED) is 0.415. The lowest BCUT2D eigenvalue weighted by Crippen LogP contribution is -2.41. The Bertz CT molecular complexity index is 1720. The molecular formula is C25H25Cl2F3N4O5S. The van der Waals surface area contributed by atoms with Crippen LogP contribution in [0.3, 0.4) is 0 Å². The maximum atomic E-state index is 14.2. The number of carbonyl (C=O) groups excluding carboxylic acids is 1. The summed E-state index contributed by atoms with van der Waals surface area (Å²) in [5.41, 5.74) is 1.51. The normalized spacial score (nSPS) is 16.9. The smallest absolute Gasteiger partial charge is 0.369 e. The zero-order valence-corrected chi connectivity index (χ0v) is 23.5. The fraction of sp³-hybridized carbons (Fsp3) is 0.400. The molecule has 216 valence electrons. The van der Waals surface area contributed by atoms with Crippen LogP contribution in [0.15, 0.2) is 38.8 Å². The Hall–Kier alpha value is -2.87. The highest BCUT2D eigenvalue weighted by atomic mass is 35.5. The van der Waals surface area contributed by atoms with Crippen LogP contribution in [-0.2, 0) is 33.9 Å². The van der Waals surface area contributed by atoms with Crippen LogP contribution in [0.4, 0.5) is 13.2 Å². The summed E-state index contributed by atoms with van der Waals surface area (Å²) in [6.45, 7) is 1.10. The van der Waals surface area contributed by atoms with Gasteiger partial charge in [-0.3, -0.25) is 19.1 Å². The van der Waals surface area contributed by atoms with Crippen LogP contribution in [-0.4, -0.2) is 47.6 Å². The minimum atomic E-state index is -4.91. The summed E-state index contributed by atoms with van der Waals surface area (Å²) >= 11 is 12.4. The largest absolute Gasteiger partial charge is 0.416 e. The number of amides is 1. The number of piperidine rings is 1. The monoisotopic (exact) mass is 620 g/mol. The maximum absolute atomic E-state index is 14.2. The standard InChI is InChI=1S/C25H25Cl2F3N4O5S/c1-2-40(38,39)19-6-5-15(26)8-14(19)11-34-23(36)16-9-18(25(28,29)30)17(20(27)21(16)32-24(34)37)12-33-7-3-4-13(10-33)22(31)35/h5-6,8-9,13H,2-4,7,10-12H2,1H3,(H2,31,35)(H,32,37). The Morgan fingerprint density at radius 3 is 2.50 bits per heavy atom. The number of aromatic amines is 1. The van der Waals surface area contributed by atoms with Crippen LogP contribution >= 0.6 is 23.2 Å². The molecule has 1 saturated heterocycles. The number of hydrogen-bond donors (Lipinski definition) is 2. The van der Waals surface area contributed by atoms with E-state index in [1.807, 2.05) is 0 Å². The molecule has 1 aliphatic rings. The van der Waals surface area contributed by atoms with E-state index < -0.39 is 61.6 Å². The molecule has 3 aromatic rings. The number of hydrogen-bond acceptors (Lipinski definition) is 6. The third-order valence-corrected chi connectivity index (χ3v) is 9.46. The first-order valence-corrected chi connectivity index (χ1v) is 14.6. The number of fused-ring (bicyclic) bond motifs is 1. The lowest BCUT2D eigenvalue weighted by Gasteiger charge is -2.32. The second-order valence-corrected chi connectivity index (χ2v) is 12.7. The van der Waals surface area contributed by atoms with Crippen molar-refractivity contribution in [2.24, 2.45) is 11.7 Å². The molecule has 2 heterocycles. The highest BCUT2D eigenvalue weighted by Gasteiger charge is 2.37. The van der Waals surface area contributed by atoms with Crippen LogP contribution in [0, 0.1) is 5.92 Å². The second kappa shape index (κ2) is 11.2. The van der Waals surface area contributed by atoms with Gasteiger partial charge in [-0.1, -0.05) is 30.1 Å². The summed E-state index contributed by atoms with van der Waals surface area (Å²) < 4.78 is 68.4. The zero-order valence-electron chi connectivity index (χ0n) is 21.1. The number of nitrogens with zero attached hydrogens (tertiary/aromatic N) is 2. The molecular weight excluding hydrogens is 596 g/mol. The van der Waals surface area contributed by atoms with Crippen molar-refractivity contribution in [1.82, 2.24) is 14.5 Å². The number of halogens is 5. The van der Waals surface area contributed by atoms with Crippen LogP contribution in [0.2, 0.25) is 10.0 Å². The molecule has 0 bridgehead atoms. The average molecular weight is 621 g/mol. The number of rotatable bonds is 7. The highest BCUT2D eigenvalue weighted by molar-refractivity contribution is 7.91. The fourth-order valence-corrected chi connectivity index (χ4v) is 6.52. The maximum Gasteiger partial charge on any atom is 0.416 e. The zero-order chi connectivity index (χ0) is 29.6. The van der Waals surface area contributed by atoms with E-state index in [0.29, 0.717) is 30.0 Å². The molecule has 0 spiro atoms. The second-order valence-electron chi connectivity index (χ2n) is 9.59. The Balaban J connectivity index is 1.87. The first-order valence-electron chi connectivity index (χ1n) is 12.2. The van der Waals surface area contributed by atoms with Crippen LogP contribution in [0.25, 0.3) is 10.9 Å². The van der Waals surface area contributed by atoms with Gasteiger partial charge in [-0.05, 0) is 54.8 Å². The van der Waals surface area contributed by atoms with Crippen molar-refractivity contribution in [1.29, 1.82) is 0 Å². The van der Waals surface area contributed by atoms with Crippen LogP contribution in [0.5, 0.6) is 0 Å². The van der Waals surface area contributed by atoms with E-state index >= 15 is 0 Å². The first-order chi connectivity index (χ1) is 18.6. The van der Waals surface area contributed by atoms with Crippen LogP contribution in [0.1, 0.15) is 36.5 Å². The van der Waals surface area contributed by atoms with Crippen molar-refractivity contribution in [3.8, 4) is 0 Å². The predicted octanol–water partition coefficient (Wildman–Crippen LogP) is 3.55. The topological polar surface area (TPSA) is 135 Å². The van der Waals surface area contributed by atoms with E-state index in [-0.39, 0.29) is 45.4 Å². The number of alkyl halides is 3. The van der Waals surface area contributed by atoms with Gasteiger partial charge in [0.2, 0.25) is 5.91 Å². The number of aromatic nitrogens is 2. The molecule has 1 fully saturated rings. The van der Waals surface area contributed by atoms with Gasteiger partial charge in [0.25, 0.3) is 5.56 Å². The van der Waals surface area contributed by atoms with Gasteiger partial charge >= 0.3 is 11.9 Å². The van der Waals surface area contributed by atoms with Gasteiger partial charge in [0.1, 0.15) is 0 Å². The predicted molar refractivity (Wildman–Crippen MR) is 144 cm³/mol. The van der Waals surface area contributed by atoms with Gasteiger partial charge in [0.05, 0.1) is 44.6 Å². The number of likely N-dealkylation sites (tertiary alicyclic amines) is 1. The number of primary amides is 1. The molecule has 2 aromatic carbocycles. The molecule has 0 radical (unpaired) electrons. The van der Waals surface area contributed by atoms with Crippen molar-refractivity contribution in [3.63, 3.8) is 0 Å². The summed E-state index contributed by atoms with van der Waals surface area (Å²) in [7, 11) is -3.79. The van der Waals surface area contributed by atoms with E-state index in [4.69, 9.17) is 28.9 Å². The average Bonchev–Trinajstić information content (AvgIpc) is 2.87. The van der Waals surface area contributed by atoms with Gasteiger partial charge in [0.15, 0.2) is 9.84 Å². The van der Waals surface area contributed by atoms with E-state index in [9.17, 15) is 36.0 Å². The van der Waals surface area contributed by atoms with Gasteiger partial charge in [-0.15, -0.1) is 0 Å². The summed E-state index contributed by atoms with van der Waals surface area (Å²) in [5.74, 6) is -1.35. The molecule has 1 aliphatic heterocycles. The summed E-state index contributed by atoms with van der Waals surface area (Å²) in [4.78, 5) is 41.9. The number of benzene rings is 2. The van der Waals surface area contributed by atoms with Crippen molar-refractivity contribution in [2.75, 3.05) is 18.8 Å². The molecule has 15 heteroatoms. The Labute approximate surface area is 236 Å². The van der Waals surface area contributed by atoms with E-state index in [0.717, 1.165) is 0 Å². The first kappa shape index (κ1) is 30.1. The molecule has 1 amide bonds. The van der Waals surface area contributed by atoms with Crippen LogP contribution < -0.4 is 17.0 Å². The van der Waals surface area contributed by atoms with Crippen molar-refractivity contribution < 1.29 is 26.4 Å². The summed E-state index contributed by atoms with van der Waals surface area (Å²) in [5, 5.41) is -0.820. The van der Waals surface area contributed by atoms with E-state index in [2.05, 4.69) is 4.98 Å². The molecule has 1 unspecified atom stereocenters. The van der Waals surface area contributed by atoms with E-state index in [1.165, 1.54) is 25.1 Å². The molecule has 1 aromatic heterocycles. The van der Waals surface area contributed by atoms with Gasteiger partial charge in [-0.2, -0.15) is 13.2 Å². The molecule has 40 heavy (non-hydrogen) atoms. The highest BCUT2D eigenvalue weighted by Crippen LogP contribution is 2.39. The molecule has 9 nitrogen and oxygen atoms in total. The Morgan fingerprint density at radius 2 is 1.88 bits per heavy atom. The number of H-pyrrole nitrogens is 1. The third kappa shape index (κ3) is 5.92. The number of sulfone groups is 1. The minimum absolute atomic E-state index is 0.0224. The Kier molecular flexibility index (Phi) is 8.42. The lowest BCUT2D eigenvalue weighted by atomic mass is 9.96. The number of nitrogens with two attached hydrogens (primary N) is 1.